The number of rotatable bonds is 11. The Hall–Kier alpha value is -4.30. The molecule has 1 fully saturated rings. The number of carbonyl (C=O) groups excluding carboxylic acids is 3. The lowest BCUT2D eigenvalue weighted by molar-refractivity contribution is 0.0940. The van der Waals surface area contributed by atoms with Gasteiger partial charge in [0.25, 0.3) is 17.7 Å². The lowest BCUT2D eigenvalue weighted by atomic mass is 9.95. The van der Waals surface area contributed by atoms with Gasteiger partial charge in [-0.25, -0.2) is 5.43 Å². The fourth-order valence-electron chi connectivity index (χ4n) is 4.69. The van der Waals surface area contributed by atoms with E-state index in [0.717, 1.165) is 55.2 Å². The highest BCUT2D eigenvalue weighted by atomic mass is 32.1. The zero-order chi connectivity index (χ0) is 31.8. The molecule has 5 N–H and O–H groups in total. The van der Waals surface area contributed by atoms with Gasteiger partial charge in [0.05, 0.1) is 25.9 Å². The Labute approximate surface area is 271 Å². The third-order valence-corrected chi connectivity index (χ3v) is 9.40. The number of hydrazone groups is 1. The summed E-state index contributed by atoms with van der Waals surface area (Å²) in [4.78, 5) is 41.6. The quantitative estimate of drug-likeness (QED) is 0.0973. The van der Waals surface area contributed by atoms with E-state index in [0.29, 0.717) is 43.5 Å². The molecule has 3 heterocycles. The second-order valence-electron chi connectivity index (χ2n) is 10.5. The SMILES string of the molecule is [B]c1ccc(-c2scc(/C(C)=N/NC(=O)c3ccc(C(=O)NCc4ccc(C(=O)NCCN5CCNCC5)cc4)s3)c2O)cc1. The summed E-state index contributed by atoms with van der Waals surface area (Å²) in [6.45, 7) is 7.30. The first-order chi connectivity index (χ1) is 21.8. The second-order valence-corrected chi connectivity index (χ2v) is 12.4. The smallest absolute Gasteiger partial charge is 0.281 e. The van der Waals surface area contributed by atoms with Crippen LogP contribution in [0.5, 0.6) is 5.75 Å². The first kappa shape index (κ1) is 32.1. The number of thiophene rings is 2. The van der Waals surface area contributed by atoms with Crippen molar-refractivity contribution in [3.63, 3.8) is 0 Å². The molecule has 1 saturated heterocycles. The van der Waals surface area contributed by atoms with E-state index in [-0.39, 0.29) is 24.1 Å². The summed E-state index contributed by atoms with van der Waals surface area (Å²) in [6.07, 6.45) is 0. The molecule has 45 heavy (non-hydrogen) atoms. The molecule has 0 atom stereocenters. The van der Waals surface area contributed by atoms with Crippen molar-refractivity contribution in [3.05, 3.63) is 92.5 Å². The molecule has 0 spiro atoms. The van der Waals surface area contributed by atoms with Crippen LogP contribution in [0.2, 0.25) is 0 Å². The van der Waals surface area contributed by atoms with Crippen LogP contribution >= 0.6 is 22.7 Å². The summed E-state index contributed by atoms with van der Waals surface area (Å²) in [5.41, 5.74) is 6.32. The maximum Gasteiger partial charge on any atom is 0.281 e. The Morgan fingerprint density at radius 2 is 1.62 bits per heavy atom. The molecule has 0 unspecified atom stereocenters. The van der Waals surface area contributed by atoms with Crippen molar-refractivity contribution >= 4 is 59.4 Å². The summed E-state index contributed by atoms with van der Waals surface area (Å²) in [5, 5.41) is 25.8. The number of nitrogens with one attached hydrogen (secondary N) is 4. The highest BCUT2D eigenvalue weighted by molar-refractivity contribution is 7.16. The third kappa shape index (κ3) is 8.46. The molecule has 13 heteroatoms. The van der Waals surface area contributed by atoms with Gasteiger partial charge in [0.1, 0.15) is 13.6 Å². The van der Waals surface area contributed by atoms with Gasteiger partial charge in [0.2, 0.25) is 0 Å². The summed E-state index contributed by atoms with van der Waals surface area (Å²) >= 11 is 2.42. The zero-order valence-electron chi connectivity index (χ0n) is 24.8. The van der Waals surface area contributed by atoms with E-state index < -0.39 is 5.91 Å². The summed E-state index contributed by atoms with van der Waals surface area (Å²) in [6, 6.07) is 17.4. The first-order valence-electron chi connectivity index (χ1n) is 14.5. The minimum Gasteiger partial charge on any atom is -0.506 e. The minimum absolute atomic E-state index is 0.0783. The van der Waals surface area contributed by atoms with E-state index in [1.165, 1.54) is 11.3 Å². The van der Waals surface area contributed by atoms with Crippen molar-refractivity contribution in [2.24, 2.45) is 5.10 Å². The van der Waals surface area contributed by atoms with Crippen LogP contribution < -0.4 is 26.8 Å². The lowest BCUT2D eigenvalue weighted by Gasteiger charge is -2.27. The number of carbonyl (C=O) groups is 3. The maximum absolute atomic E-state index is 12.7. The van der Waals surface area contributed by atoms with E-state index in [1.54, 1.807) is 48.7 Å². The van der Waals surface area contributed by atoms with Gasteiger partial charge in [-0.3, -0.25) is 19.3 Å². The molecule has 230 valence electrons. The third-order valence-electron chi connectivity index (χ3n) is 7.30. The largest absolute Gasteiger partial charge is 0.506 e. The van der Waals surface area contributed by atoms with Crippen molar-refractivity contribution in [2.45, 2.75) is 13.5 Å². The van der Waals surface area contributed by atoms with Crippen LogP contribution in [0.15, 0.2) is 71.1 Å². The number of hydrogen-bond donors (Lipinski definition) is 5. The number of aromatic hydroxyl groups is 1. The van der Waals surface area contributed by atoms with Gasteiger partial charge < -0.3 is 21.1 Å². The Morgan fingerprint density at radius 3 is 2.33 bits per heavy atom. The minimum atomic E-state index is -0.464. The molecule has 1 aliphatic heterocycles. The highest BCUT2D eigenvalue weighted by Gasteiger charge is 2.17. The van der Waals surface area contributed by atoms with Gasteiger partial charge in [-0.2, -0.15) is 5.10 Å². The van der Waals surface area contributed by atoms with Crippen LogP contribution in [-0.2, 0) is 6.54 Å². The van der Waals surface area contributed by atoms with Crippen LogP contribution in [0.1, 0.15) is 47.8 Å². The molecule has 2 radical (unpaired) electrons. The van der Waals surface area contributed by atoms with E-state index in [2.05, 4.69) is 31.4 Å². The Kier molecular flexibility index (Phi) is 10.8. The molecule has 0 saturated carbocycles. The number of nitrogens with zero attached hydrogens (tertiary/aromatic N) is 2. The lowest BCUT2D eigenvalue weighted by Crippen LogP contribution is -2.46. The van der Waals surface area contributed by atoms with Crippen molar-refractivity contribution < 1.29 is 19.5 Å². The molecule has 3 amide bonds. The van der Waals surface area contributed by atoms with Gasteiger partial charge in [0.15, 0.2) is 0 Å². The monoisotopic (exact) mass is 640 g/mol. The van der Waals surface area contributed by atoms with Crippen LogP contribution in [0.25, 0.3) is 10.4 Å². The molecule has 5 rings (SSSR count). The van der Waals surface area contributed by atoms with Gasteiger partial charge in [-0.15, -0.1) is 22.7 Å². The van der Waals surface area contributed by atoms with Gasteiger partial charge in [-0.05, 0) is 42.3 Å². The molecule has 2 aromatic heterocycles. The van der Waals surface area contributed by atoms with E-state index in [4.69, 9.17) is 7.85 Å². The van der Waals surface area contributed by atoms with Crippen molar-refractivity contribution in [1.82, 2.24) is 26.3 Å². The second kappa shape index (κ2) is 15.1. The van der Waals surface area contributed by atoms with E-state index in [9.17, 15) is 19.5 Å². The van der Waals surface area contributed by atoms with Gasteiger partial charge in [0, 0.05) is 56.8 Å². The summed E-state index contributed by atoms with van der Waals surface area (Å²) < 4.78 is 0. The Bertz CT molecular complexity index is 1680. The molecule has 10 nitrogen and oxygen atoms in total. The highest BCUT2D eigenvalue weighted by Crippen LogP contribution is 2.38. The van der Waals surface area contributed by atoms with Gasteiger partial charge in [-0.1, -0.05) is 41.9 Å². The first-order valence-corrected chi connectivity index (χ1v) is 16.2. The van der Waals surface area contributed by atoms with Crippen LogP contribution in [0.4, 0.5) is 0 Å². The maximum atomic E-state index is 12.7. The molecule has 0 aliphatic carbocycles. The average Bonchev–Trinajstić information content (AvgIpc) is 3.71. The molecular formula is C32H33BN6O4S2. The predicted molar refractivity (Wildman–Crippen MR) is 180 cm³/mol. The van der Waals surface area contributed by atoms with Crippen molar-refractivity contribution in [2.75, 3.05) is 39.3 Å². The number of amides is 3. The topological polar surface area (TPSA) is 135 Å². The van der Waals surface area contributed by atoms with Gasteiger partial charge >= 0.3 is 0 Å². The average molecular weight is 641 g/mol. The zero-order valence-corrected chi connectivity index (χ0v) is 26.4. The normalized spacial score (nSPS) is 13.8. The van der Waals surface area contributed by atoms with Crippen LogP contribution in [0.3, 0.4) is 0 Å². The summed E-state index contributed by atoms with van der Waals surface area (Å²) in [5.74, 6) is -0.824. The molecule has 2 aromatic carbocycles. The number of piperazine rings is 1. The predicted octanol–water partition coefficient (Wildman–Crippen LogP) is 2.70. The molecular weight excluding hydrogens is 607 g/mol. The van der Waals surface area contributed by atoms with Crippen molar-refractivity contribution in [1.29, 1.82) is 0 Å². The number of benzene rings is 2. The molecule has 0 bridgehead atoms. The fourth-order valence-corrected chi connectivity index (χ4v) is 6.51. The van der Waals surface area contributed by atoms with E-state index in [1.807, 2.05) is 24.3 Å². The molecule has 1 aliphatic rings. The Balaban J connectivity index is 1.09. The number of hydrogen-bond acceptors (Lipinski definition) is 9. The summed E-state index contributed by atoms with van der Waals surface area (Å²) in [7, 11) is 5.76. The van der Waals surface area contributed by atoms with Crippen molar-refractivity contribution in [3.8, 4) is 16.2 Å². The van der Waals surface area contributed by atoms with Crippen LogP contribution in [0, 0.1) is 0 Å². The fraction of sp³-hybridized carbons (Fsp3) is 0.250. The standard InChI is InChI=1S/C32H33BN6O4S2/c1-20(25-19-44-29(28(25)40)22-6-8-24(33)9-7-22)37-38-32(43)27-11-10-26(45-27)31(42)36-18-21-2-4-23(5-3-21)30(41)35-14-17-39-15-12-34-13-16-39/h2-11,19,34,40H,12-18H2,1H3,(H,35,41)(H,36,42)(H,38,43)/b37-20+. The Morgan fingerprint density at radius 1 is 0.933 bits per heavy atom. The molecule has 4 aromatic rings. The van der Waals surface area contributed by atoms with Crippen LogP contribution in [-0.4, -0.2) is 80.6 Å². The van der Waals surface area contributed by atoms with E-state index >= 15 is 0 Å².